The van der Waals surface area contributed by atoms with Crippen LogP contribution in [0.25, 0.3) is 0 Å². The van der Waals surface area contributed by atoms with Crippen LogP contribution in [0.2, 0.25) is 10.0 Å². The van der Waals surface area contributed by atoms with Crippen molar-refractivity contribution in [1.29, 1.82) is 0 Å². The first-order chi connectivity index (χ1) is 15.8. The number of hydrogen-bond donors (Lipinski definition) is 0. The predicted molar refractivity (Wildman–Crippen MR) is 131 cm³/mol. The van der Waals surface area contributed by atoms with Gasteiger partial charge < -0.3 is 14.4 Å². The summed E-state index contributed by atoms with van der Waals surface area (Å²) in [6.45, 7) is 6.00. The summed E-state index contributed by atoms with van der Waals surface area (Å²) in [5.74, 6) is -0.0953. The van der Waals surface area contributed by atoms with E-state index in [2.05, 4.69) is 0 Å². The van der Waals surface area contributed by atoms with Crippen molar-refractivity contribution in [2.24, 2.45) is 0 Å². The summed E-state index contributed by atoms with van der Waals surface area (Å²) in [7, 11) is 0. The van der Waals surface area contributed by atoms with Crippen LogP contribution in [-0.4, -0.2) is 25.1 Å². The molecule has 0 aliphatic carbocycles. The maximum Gasteiger partial charge on any atom is 0.338 e. The fourth-order valence-electron chi connectivity index (χ4n) is 3.18. The molecular weight excluding hydrogens is 461 g/mol. The molecule has 7 heteroatoms. The zero-order valence-corrected chi connectivity index (χ0v) is 20.2. The van der Waals surface area contributed by atoms with Crippen LogP contribution >= 0.6 is 23.2 Å². The summed E-state index contributed by atoms with van der Waals surface area (Å²) in [5, 5.41) is 0.914. The Labute approximate surface area is 203 Å². The normalized spacial score (nSPS) is 10.6. The van der Waals surface area contributed by atoms with Gasteiger partial charge in [-0.25, -0.2) is 4.79 Å². The van der Waals surface area contributed by atoms with E-state index in [0.29, 0.717) is 32.6 Å². The third kappa shape index (κ3) is 6.28. The first kappa shape index (κ1) is 24.6. The first-order valence-electron chi connectivity index (χ1n) is 10.5. The number of halogens is 2. The van der Waals surface area contributed by atoms with Gasteiger partial charge in [0, 0.05) is 21.3 Å². The van der Waals surface area contributed by atoms with E-state index >= 15 is 0 Å². The fraction of sp³-hybridized carbons (Fsp3) is 0.231. The Balaban J connectivity index is 1.86. The summed E-state index contributed by atoms with van der Waals surface area (Å²) in [4.78, 5) is 26.8. The zero-order valence-electron chi connectivity index (χ0n) is 18.7. The molecule has 0 atom stereocenters. The Morgan fingerprint density at radius 2 is 1.58 bits per heavy atom. The largest absolute Gasteiger partial charge is 0.484 e. The molecule has 0 unspecified atom stereocenters. The topological polar surface area (TPSA) is 55.8 Å². The van der Waals surface area contributed by atoms with Gasteiger partial charge in [-0.2, -0.15) is 0 Å². The Hall–Kier alpha value is -3.02. The highest BCUT2D eigenvalue weighted by atomic mass is 35.5. The van der Waals surface area contributed by atoms with E-state index < -0.39 is 5.97 Å². The van der Waals surface area contributed by atoms with E-state index in [4.69, 9.17) is 32.7 Å². The van der Waals surface area contributed by atoms with Gasteiger partial charge in [0.1, 0.15) is 5.75 Å². The molecule has 0 aliphatic heterocycles. The van der Waals surface area contributed by atoms with Crippen LogP contribution in [-0.2, 0) is 16.1 Å². The predicted octanol–water partition coefficient (Wildman–Crippen LogP) is 6.40. The number of amides is 1. The highest BCUT2D eigenvalue weighted by Gasteiger charge is 2.20. The summed E-state index contributed by atoms with van der Waals surface area (Å²) < 4.78 is 10.8. The lowest BCUT2D eigenvalue weighted by Crippen LogP contribution is -2.34. The van der Waals surface area contributed by atoms with Gasteiger partial charge in [-0.15, -0.1) is 0 Å². The third-order valence-electron chi connectivity index (χ3n) is 5.21. The summed E-state index contributed by atoms with van der Waals surface area (Å²) >= 11 is 12.7. The van der Waals surface area contributed by atoms with Crippen molar-refractivity contribution in [2.75, 3.05) is 18.1 Å². The van der Waals surface area contributed by atoms with Gasteiger partial charge >= 0.3 is 5.97 Å². The lowest BCUT2D eigenvalue weighted by Gasteiger charge is -2.24. The average Bonchev–Trinajstić information content (AvgIpc) is 2.80. The van der Waals surface area contributed by atoms with Crippen LogP contribution in [0.4, 0.5) is 5.69 Å². The standard InChI is InChI=1S/C26H25Cl2NO4/c1-4-32-26(31)19-9-11-20(12-10-19)29(15-22-23(27)6-5-7-24(22)28)25(30)16-33-21-13-8-17(2)18(3)14-21/h5-14H,4,15-16H2,1-3H3. The van der Waals surface area contributed by atoms with Crippen molar-refractivity contribution in [3.8, 4) is 5.75 Å². The molecule has 0 heterocycles. The van der Waals surface area contributed by atoms with Crippen molar-refractivity contribution in [3.63, 3.8) is 0 Å². The van der Waals surface area contributed by atoms with E-state index in [1.165, 1.54) is 4.90 Å². The summed E-state index contributed by atoms with van der Waals surface area (Å²) in [6, 6.07) is 17.5. The van der Waals surface area contributed by atoms with E-state index in [9.17, 15) is 9.59 Å². The maximum absolute atomic E-state index is 13.2. The number of benzene rings is 3. The number of ether oxygens (including phenoxy) is 2. The molecule has 3 aromatic carbocycles. The molecule has 1 amide bonds. The second kappa shape index (κ2) is 11.2. The highest BCUT2D eigenvalue weighted by Crippen LogP contribution is 2.28. The van der Waals surface area contributed by atoms with Gasteiger partial charge in [-0.3, -0.25) is 4.79 Å². The van der Waals surface area contributed by atoms with Gasteiger partial charge in [-0.1, -0.05) is 35.3 Å². The molecule has 0 N–H and O–H groups in total. The van der Waals surface area contributed by atoms with Gasteiger partial charge in [0.25, 0.3) is 5.91 Å². The minimum atomic E-state index is -0.422. The maximum atomic E-state index is 13.2. The van der Waals surface area contributed by atoms with Crippen LogP contribution in [0, 0.1) is 13.8 Å². The molecular formula is C26H25Cl2NO4. The summed E-state index contributed by atoms with van der Waals surface area (Å²) in [6.07, 6.45) is 0. The van der Waals surface area contributed by atoms with Crippen LogP contribution < -0.4 is 9.64 Å². The molecule has 0 aliphatic rings. The van der Waals surface area contributed by atoms with E-state index in [1.54, 1.807) is 49.4 Å². The van der Waals surface area contributed by atoms with Crippen molar-refractivity contribution >= 4 is 40.8 Å². The molecule has 5 nitrogen and oxygen atoms in total. The van der Waals surface area contributed by atoms with Crippen molar-refractivity contribution in [2.45, 2.75) is 27.3 Å². The van der Waals surface area contributed by atoms with Gasteiger partial charge in [0.2, 0.25) is 0 Å². The van der Waals surface area contributed by atoms with E-state index in [1.807, 2.05) is 32.0 Å². The quantitative estimate of drug-likeness (QED) is 0.346. The first-order valence-corrected chi connectivity index (χ1v) is 11.3. The monoisotopic (exact) mass is 485 g/mol. The average molecular weight is 486 g/mol. The molecule has 0 spiro atoms. The summed E-state index contributed by atoms with van der Waals surface area (Å²) in [5.41, 5.74) is 3.82. The molecule has 0 bridgehead atoms. The number of nitrogens with zero attached hydrogens (tertiary/aromatic N) is 1. The number of esters is 1. The highest BCUT2D eigenvalue weighted by molar-refractivity contribution is 6.36. The molecule has 172 valence electrons. The number of aryl methyl sites for hydroxylation is 2. The molecule has 3 rings (SSSR count). The SMILES string of the molecule is CCOC(=O)c1ccc(N(Cc2c(Cl)cccc2Cl)C(=O)COc2ccc(C)c(C)c2)cc1. The number of hydrogen-bond acceptors (Lipinski definition) is 4. The molecule has 0 saturated carbocycles. The molecule has 0 aromatic heterocycles. The number of anilines is 1. The number of rotatable bonds is 8. The van der Waals surface area contributed by atoms with E-state index in [-0.39, 0.29) is 25.7 Å². The van der Waals surface area contributed by atoms with Crippen LogP contribution in [0.5, 0.6) is 5.75 Å². The number of carbonyl (C=O) groups excluding carboxylic acids is 2. The smallest absolute Gasteiger partial charge is 0.338 e. The molecule has 0 radical (unpaired) electrons. The molecule has 3 aromatic rings. The fourth-order valence-corrected chi connectivity index (χ4v) is 3.70. The third-order valence-corrected chi connectivity index (χ3v) is 5.92. The molecule has 33 heavy (non-hydrogen) atoms. The Kier molecular flexibility index (Phi) is 8.37. The molecule has 0 saturated heterocycles. The van der Waals surface area contributed by atoms with Crippen molar-refractivity contribution in [1.82, 2.24) is 0 Å². The second-order valence-corrected chi connectivity index (χ2v) is 8.30. The van der Waals surface area contributed by atoms with Crippen LogP contribution in [0.3, 0.4) is 0 Å². The lowest BCUT2D eigenvalue weighted by molar-refractivity contribution is -0.120. The zero-order chi connectivity index (χ0) is 24.0. The second-order valence-electron chi connectivity index (χ2n) is 7.48. The van der Waals surface area contributed by atoms with Gasteiger partial charge in [0.15, 0.2) is 6.61 Å². The Morgan fingerprint density at radius 1 is 0.909 bits per heavy atom. The minimum Gasteiger partial charge on any atom is -0.484 e. The van der Waals surface area contributed by atoms with Gasteiger partial charge in [0.05, 0.1) is 18.7 Å². The minimum absolute atomic E-state index is 0.145. The van der Waals surface area contributed by atoms with Crippen molar-refractivity contribution < 1.29 is 19.1 Å². The van der Waals surface area contributed by atoms with Crippen LogP contribution in [0.15, 0.2) is 60.7 Å². The lowest BCUT2D eigenvalue weighted by atomic mass is 10.1. The van der Waals surface area contributed by atoms with E-state index in [0.717, 1.165) is 11.1 Å². The van der Waals surface area contributed by atoms with Crippen molar-refractivity contribution in [3.05, 3.63) is 93.0 Å². The van der Waals surface area contributed by atoms with Crippen LogP contribution in [0.1, 0.15) is 34.0 Å². The Bertz CT molecular complexity index is 1130. The Morgan fingerprint density at radius 3 is 2.18 bits per heavy atom. The number of carbonyl (C=O) groups is 2. The van der Waals surface area contributed by atoms with Gasteiger partial charge in [-0.05, 0) is 80.4 Å². The molecule has 0 fully saturated rings.